The highest BCUT2D eigenvalue weighted by Gasteiger charge is 2.15. The summed E-state index contributed by atoms with van der Waals surface area (Å²) in [6, 6.07) is 0. The first kappa shape index (κ1) is 9.06. The van der Waals surface area contributed by atoms with Crippen LogP contribution in [0.15, 0.2) is 6.20 Å². The molecule has 0 atom stereocenters. The van der Waals surface area contributed by atoms with Crippen molar-refractivity contribution in [3.63, 3.8) is 0 Å². The molecule has 3 rings (SSSR count). The molecule has 2 aromatic heterocycles. The SMILES string of the molecule is Nc1nsc2ncc3c(c12)CCNCC3. The lowest BCUT2D eigenvalue weighted by Gasteiger charge is -2.05. The van der Waals surface area contributed by atoms with Gasteiger partial charge >= 0.3 is 0 Å². The van der Waals surface area contributed by atoms with Crippen LogP contribution in [0.25, 0.3) is 10.2 Å². The second-order valence-corrected chi connectivity index (χ2v) is 4.51. The number of nitrogens with two attached hydrogens (primary N) is 1. The zero-order chi connectivity index (χ0) is 10.3. The predicted octanol–water partition coefficient (Wildman–Crippen LogP) is 0.962. The van der Waals surface area contributed by atoms with Gasteiger partial charge < -0.3 is 11.1 Å². The van der Waals surface area contributed by atoms with Crippen LogP contribution in [0.1, 0.15) is 11.1 Å². The molecule has 78 valence electrons. The summed E-state index contributed by atoms with van der Waals surface area (Å²) in [6.45, 7) is 2.04. The summed E-state index contributed by atoms with van der Waals surface area (Å²) in [5, 5.41) is 4.47. The molecule has 2 aromatic rings. The highest BCUT2D eigenvalue weighted by molar-refractivity contribution is 7.13. The van der Waals surface area contributed by atoms with Crippen molar-refractivity contribution >= 4 is 27.6 Å². The van der Waals surface area contributed by atoms with Gasteiger partial charge in [0.2, 0.25) is 0 Å². The van der Waals surface area contributed by atoms with E-state index in [9.17, 15) is 0 Å². The van der Waals surface area contributed by atoms with Crippen molar-refractivity contribution < 1.29 is 0 Å². The number of anilines is 1. The monoisotopic (exact) mass is 220 g/mol. The Morgan fingerprint density at radius 3 is 3.13 bits per heavy atom. The summed E-state index contributed by atoms with van der Waals surface area (Å²) < 4.78 is 4.17. The lowest BCUT2D eigenvalue weighted by atomic mass is 10.0. The first-order valence-electron chi connectivity index (χ1n) is 5.08. The van der Waals surface area contributed by atoms with E-state index in [4.69, 9.17) is 5.73 Å². The van der Waals surface area contributed by atoms with Gasteiger partial charge in [0.25, 0.3) is 0 Å². The molecular formula is C10H12N4S. The second kappa shape index (κ2) is 3.43. The molecule has 0 amide bonds. The van der Waals surface area contributed by atoms with Crippen molar-refractivity contribution in [3.8, 4) is 0 Å². The zero-order valence-corrected chi connectivity index (χ0v) is 9.10. The predicted molar refractivity (Wildman–Crippen MR) is 62.1 cm³/mol. The van der Waals surface area contributed by atoms with Gasteiger partial charge in [-0.2, -0.15) is 4.37 Å². The first-order chi connectivity index (χ1) is 7.36. The van der Waals surface area contributed by atoms with Gasteiger partial charge in [-0.1, -0.05) is 0 Å². The molecule has 1 aliphatic rings. The molecule has 5 heteroatoms. The van der Waals surface area contributed by atoms with Gasteiger partial charge in [0, 0.05) is 6.20 Å². The van der Waals surface area contributed by atoms with Gasteiger partial charge in [-0.15, -0.1) is 0 Å². The zero-order valence-electron chi connectivity index (χ0n) is 8.29. The average Bonchev–Trinajstić information content (AvgIpc) is 2.51. The average molecular weight is 220 g/mol. The maximum atomic E-state index is 5.89. The molecule has 0 aliphatic carbocycles. The van der Waals surface area contributed by atoms with Crippen molar-refractivity contribution in [2.75, 3.05) is 18.8 Å². The summed E-state index contributed by atoms with van der Waals surface area (Å²) in [4.78, 5) is 5.37. The van der Waals surface area contributed by atoms with Gasteiger partial charge in [0.15, 0.2) is 0 Å². The van der Waals surface area contributed by atoms with Crippen molar-refractivity contribution in [1.82, 2.24) is 14.7 Å². The van der Waals surface area contributed by atoms with Crippen molar-refractivity contribution in [2.24, 2.45) is 0 Å². The fourth-order valence-electron chi connectivity index (χ4n) is 2.10. The molecular weight excluding hydrogens is 208 g/mol. The van der Waals surface area contributed by atoms with E-state index in [0.29, 0.717) is 5.82 Å². The third kappa shape index (κ3) is 1.39. The minimum absolute atomic E-state index is 0.640. The van der Waals surface area contributed by atoms with E-state index in [1.165, 1.54) is 22.7 Å². The van der Waals surface area contributed by atoms with E-state index in [-0.39, 0.29) is 0 Å². The number of nitrogen functional groups attached to an aromatic ring is 1. The summed E-state index contributed by atoms with van der Waals surface area (Å²) in [6.07, 6.45) is 4.03. The molecule has 4 nitrogen and oxygen atoms in total. The van der Waals surface area contributed by atoms with Crippen molar-refractivity contribution in [3.05, 3.63) is 17.3 Å². The number of nitrogens with zero attached hydrogens (tertiary/aromatic N) is 2. The molecule has 0 unspecified atom stereocenters. The normalized spacial score (nSPS) is 16.3. The molecule has 3 N–H and O–H groups in total. The number of pyridine rings is 1. The largest absolute Gasteiger partial charge is 0.382 e. The molecule has 0 fully saturated rings. The minimum Gasteiger partial charge on any atom is -0.382 e. The smallest absolute Gasteiger partial charge is 0.146 e. The van der Waals surface area contributed by atoms with Gasteiger partial charge in [-0.05, 0) is 48.6 Å². The maximum absolute atomic E-state index is 5.89. The molecule has 0 aromatic carbocycles. The van der Waals surface area contributed by atoms with E-state index < -0.39 is 0 Å². The number of aromatic nitrogens is 2. The Morgan fingerprint density at radius 1 is 1.33 bits per heavy atom. The van der Waals surface area contributed by atoms with E-state index >= 15 is 0 Å². The fraction of sp³-hybridized carbons (Fsp3) is 0.400. The Labute approximate surface area is 91.7 Å². The maximum Gasteiger partial charge on any atom is 0.146 e. The molecule has 0 saturated carbocycles. The fourth-order valence-corrected chi connectivity index (χ4v) is 2.80. The lowest BCUT2D eigenvalue weighted by Crippen LogP contribution is -2.16. The highest BCUT2D eigenvalue weighted by atomic mass is 32.1. The number of hydrogen-bond donors (Lipinski definition) is 2. The lowest BCUT2D eigenvalue weighted by molar-refractivity contribution is 0.711. The standard InChI is InChI=1S/C10H12N4S/c11-9-8-7-2-4-12-3-1-6(7)5-13-10(8)15-14-9/h5,12H,1-4H2,(H2,11,14). The van der Waals surface area contributed by atoms with Crippen LogP contribution in [-0.2, 0) is 12.8 Å². The third-order valence-corrected chi connectivity index (χ3v) is 3.62. The topological polar surface area (TPSA) is 63.8 Å². The van der Waals surface area contributed by atoms with Crippen LogP contribution in [0.4, 0.5) is 5.82 Å². The van der Waals surface area contributed by atoms with Gasteiger partial charge in [0.1, 0.15) is 10.6 Å². The Morgan fingerprint density at radius 2 is 2.20 bits per heavy atom. The minimum atomic E-state index is 0.640. The molecule has 1 aliphatic heterocycles. The number of fused-ring (bicyclic) bond motifs is 3. The third-order valence-electron chi connectivity index (χ3n) is 2.85. The van der Waals surface area contributed by atoms with Gasteiger partial charge in [-0.25, -0.2) is 4.98 Å². The number of rotatable bonds is 0. The first-order valence-corrected chi connectivity index (χ1v) is 5.86. The number of hydrogen-bond acceptors (Lipinski definition) is 5. The van der Waals surface area contributed by atoms with Crippen LogP contribution in [0.3, 0.4) is 0 Å². The molecule has 3 heterocycles. The Kier molecular flexibility index (Phi) is 2.07. The summed E-state index contributed by atoms with van der Waals surface area (Å²) >= 11 is 1.39. The quantitative estimate of drug-likeness (QED) is 0.694. The summed E-state index contributed by atoms with van der Waals surface area (Å²) in [5.74, 6) is 0.640. The number of nitrogens with one attached hydrogen (secondary N) is 1. The van der Waals surface area contributed by atoms with E-state index in [2.05, 4.69) is 14.7 Å². The molecule has 0 saturated heterocycles. The van der Waals surface area contributed by atoms with Crippen LogP contribution < -0.4 is 11.1 Å². The Balaban J connectivity index is 2.30. The molecule has 0 radical (unpaired) electrons. The van der Waals surface area contributed by atoms with Gasteiger partial charge in [0.05, 0.1) is 5.39 Å². The van der Waals surface area contributed by atoms with Gasteiger partial charge in [-0.3, -0.25) is 0 Å². The van der Waals surface area contributed by atoms with E-state index in [1.807, 2.05) is 6.20 Å². The highest BCUT2D eigenvalue weighted by Crippen LogP contribution is 2.29. The van der Waals surface area contributed by atoms with Crippen LogP contribution in [0, 0.1) is 0 Å². The van der Waals surface area contributed by atoms with Crippen LogP contribution in [0.5, 0.6) is 0 Å². The van der Waals surface area contributed by atoms with Crippen LogP contribution in [0.2, 0.25) is 0 Å². The summed E-state index contributed by atoms with van der Waals surface area (Å²) in [5.41, 5.74) is 8.55. The molecule has 0 bridgehead atoms. The molecule has 0 spiro atoms. The Hall–Kier alpha value is -1.20. The summed E-state index contributed by atoms with van der Waals surface area (Å²) in [7, 11) is 0. The van der Waals surface area contributed by atoms with Crippen LogP contribution in [-0.4, -0.2) is 22.4 Å². The van der Waals surface area contributed by atoms with E-state index in [1.54, 1.807) is 0 Å². The second-order valence-electron chi connectivity index (χ2n) is 3.76. The van der Waals surface area contributed by atoms with Crippen LogP contribution >= 0.6 is 11.5 Å². The molecule has 15 heavy (non-hydrogen) atoms. The van der Waals surface area contributed by atoms with Crippen molar-refractivity contribution in [1.29, 1.82) is 0 Å². The Bertz CT molecular complexity index is 505. The van der Waals surface area contributed by atoms with E-state index in [0.717, 1.165) is 36.1 Å². The van der Waals surface area contributed by atoms with Crippen molar-refractivity contribution in [2.45, 2.75) is 12.8 Å².